The van der Waals surface area contributed by atoms with Crippen molar-refractivity contribution in [2.45, 2.75) is 0 Å². The zero-order valence-electron chi connectivity index (χ0n) is 14.6. The number of hydrogen-bond donors (Lipinski definition) is 2. The number of carbonyl (C=O) groups excluding carboxylic acids is 2. The molecule has 1 aromatic rings. The molecule has 0 aliphatic carbocycles. The molecule has 0 saturated carbocycles. The summed E-state index contributed by atoms with van der Waals surface area (Å²) in [5.74, 6) is -0.582. The molecule has 2 aliphatic heterocycles. The van der Waals surface area contributed by atoms with Crippen molar-refractivity contribution in [3.63, 3.8) is 0 Å². The number of thiocarbonyl (C=S) groups is 1. The number of nitrogens with zero attached hydrogens (tertiary/aromatic N) is 2. The second-order valence-corrected chi connectivity index (χ2v) is 8.87. The number of hydrazine groups is 1. The Balaban J connectivity index is 1.66. The quantitative estimate of drug-likeness (QED) is 0.535. The third kappa shape index (κ3) is 5.01. The minimum Gasteiger partial charge on any atom is -0.335 e. The van der Waals surface area contributed by atoms with Gasteiger partial charge in [-0.15, -0.1) is 0 Å². The van der Waals surface area contributed by atoms with E-state index in [0.717, 1.165) is 37.9 Å². The number of piperazine rings is 1. The van der Waals surface area contributed by atoms with Crippen molar-refractivity contribution in [1.82, 2.24) is 15.3 Å². The molecule has 27 heavy (non-hydrogen) atoms. The molecular weight excluding hydrogens is 427 g/mol. The molecule has 2 amide bonds. The van der Waals surface area contributed by atoms with Gasteiger partial charge < -0.3 is 4.90 Å². The lowest BCUT2D eigenvalue weighted by molar-refractivity contribution is -0.884. The summed E-state index contributed by atoms with van der Waals surface area (Å²) in [4.78, 5) is 28.1. The number of quaternary nitrogens is 1. The Morgan fingerprint density at radius 2 is 1.96 bits per heavy atom. The normalized spacial score (nSPS) is 20.6. The molecule has 0 aromatic heterocycles. The van der Waals surface area contributed by atoms with Crippen LogP contribution in [0.4, 0.5) is 0 Å². The standard InChI is InChI=1S/C17H18Cl2N4O2S2/c1-21-5-7-22(8-6-21)20-15(24)10-23-16(25)14(27-17(23)26)9-11-12(18)3-2-4-13(11)19/h2-4,9H,5-8,10H2,1H3,(H,20,24)/p+1/b14-9-. The minimum absolute atomic E-state index is 0.114. The Hall–Kier alpha value is -1.16. The molecule has 144 valence electrons. The predicted octanol–water partition coefficient (Wildman–Crippen LogP) is 1.06. The van der Waals surface area contributed by atoms with E-state index in [0.29, 0.717) is 24.8 Å². The Kier molecular flexibility index (Phi) is 6.78. The highest BCUT2D eigenvalue weighted by Crippen LogP contribution is 2.35. The van der Waals surface area contributed by atoms with Crippen LogP contribution in [0.25, 0.3) is 6.08 Å². The summed E-state index contributed by atoms with van der Waals surface area (Å²) in [7, 11) is 2.12. The van der Waals surface area contributed by atoms with Crippen molar-refractivity contribution in [2.24, 2.45) is 0 Å². The van der Waals surface area contributed by atoms with E-state index < -0.39 is 0 Å². The highest BCUT2D eigenvalue weighted by atomic mass is 35.5. The molecule has 2 saturated heterocycles. The van der Waals surface area contributed by atoms with Gasteiger partial charge in [-0.3, -0.25) is 19.9 Å². The lowest BCUT2D eigenvalue weighted by atomic mass is 10.2. The van der Waals surface area contributed by atoms with E-state index in [1.54, 1.807) is 24.3 Å². The van der Waals surface area contributed by atoms with Gasteiger partial charge in [0.1, 0.15) is 10.9 Å². The van der Waals surface area contributed by atoms with Crippen LogP contribution in [-0.2, 0) is 9.59 Å². The number of nitrogens with one attached hydrogen (secondary N) is 2. The van der Waals surface area contributed by atoms with E-state index in [1.165, 1.54) is 9.80 Å². The maximum absolute atomic E-state index is 12.7. The maximum atomic E-state index is 12.7. The summed E-state index contributed by atoms with van der Waals surface area (Å²) in [6, 6.07) is 5.13. The molecular formula is C17H19Cl2N4O2S2+. The van der Waals surface area contributed by atoms with E-state index >= 15 is 0 Å². The second kappa shape index (κ2) is 8.89. The van der Waals surface area contributed by atoms with E-state index in [9.17, 15) is 9.59 Å². The van der Waals surface area contributed by atoms with Gasteiger partial charge in [-0.05, 0) is 18.2 Å². The summed E-state index contributed by atoms with van der Waals surface area (Å²) in [5, 5.41) is 2.78. The van der Waals surface area contributed by atoms with Crippen LogP contribution < -0.4 is 10.3 Å². The number of likely N-dealkylation sites (N-methyl/N-ethyl adjacent to an activating group) is 1. The summed E-state index contributed by atoms with van der Waals surface area (Å²) >= 11 is 18.7. The summed E-state index contributed by atoms with van der Waals surface area (Å²) < 4.78 is 0.340. The van der Waals surface area contributed by atoms with Crippen molar-refractivity contribution in [3.8, 4) is 0 Å². The van der Waals surface area contributed by atoms with Crippen molar-refractivity contribution in [3.05, 3.63) is 38.7 Å². The minimum atomic E-state index is -0.320. The lowest BCUT2D eigenvalue weighted by Crippen LogP contribution is -3.12. The van der Waals surface area contributed by atoms with Crippen LogP contribution in [-0.4, -0.2) is 65.8 Å². The highest BCUT2D eigenvalue weighted by molar-refractivity contribution is 8.26. The molecule has 3 rings (SSSR count). The summed E-state index contributed by atoms with van der Waals surface area (Å²) in [6.07, 6.45) is 1.62. The first-order chi connectivity index (χ1) is 12.8. The number of thioether (sulfide) groups is 1. The van der Waals surface area contributed by atoms with Crippen LogP contribution in [0, 0.1) is 0 Å². The summed E-state index contributed by atoms with van der Waals surface area (Å²) in [5.41, 5.74) is 3.41. The number of carbonyl (C=O) groups is 2. The fraction of sp³-hybridized carbons (Fsp3) is 0.353. The van der Waals surface area contributed by atoms with Crippen LogP contribution in [0.3, 0.4) is 0 Å². The number of rotatable bonds is 4. The third-order valence-electron chi connectivity index (χ3n) is 4.35. The van der Waals surface area contributed by atoms with Crippen LogP contribution >= 0.6 is 47.2 Å². The average molecular weight is 446 g/mol. The van der Waals surface area contributed by atoms with Gasteiger partial charge in [0.2, 0.25) is 0 Å². The van der Waals surface area contributed by atoms with Gasteiger partial charge in [-0.2, -0.15) is 0 Å². The van der Waals surface area contributed by atoms with Gasteiger partial charge in [0.25, 0.3) is 11.8 Å². The van der Waals surface area contributed by atoms with Crippen LogP contribution in [0.15, 0.2) is 23.1 Å². The summed E-state index contributed by atoms with van der Waals surface area (Å²) in [6.45, 7) is 3.37. The van der Waals surface area contributed by atoms with Crippen LogP contribution in [0.1, 0.15) is 5.56 Å². The Morgan fingerprint density at radius 3 is 2.59 bits per heavy atom. The molecule has 0 spiro atoms. The first-order valence-corrected chi connectivity index (χ1v) is 10.4. The van der Waals surface area contributed by atoms with Crippen molar-refractivity contribution >= 4 is 69.4 Å². The molecule has 10 heteroatoms. The van der Waals surface area contributed by atoms with Crippen molar-refractivity contribution in [1.29, 1.82) is 0 Å². The fourth-order valence-corrected chi connectivity index (χ4v) is 4.51. The first-order valence-electron chi connectivity index (χ1n) is 8.40. The molecule has 2 N–H and O–H groups in total. The monoisotopic (exact) mass is 445 g/mol. The number of amides is 2. The van der Waals surface area contributed by atoms with E-state index in [2.05, 4.69) is 12.5 Å². The largest absolute Gasteiger partial charge is 0.335 e. The zero-order chi connectivity index (χ0) is 19.6. The van der Waals surface area contributed by atoms with E-state index in [4.69, 9.17) is 35.4 Å². The average Bonchev–Trinajstić information content (AvgIpc) is 2.88. The second-order valence-electron chi connectivity index (χ2n) is 6.38. The molecule has 0 atom stereocenters. The SMILES string of the molecule is C[NH+]1CCN(NC(=O)CN2C(=O)/C(=C/c3c(Cl)cccc3Cl)SC2=S)CC1. The molecule has 1 aromatic carbocycles. The number of hydrogen-bond acceptors (Lipinski definition) is 5. The third-order valence-corrected chi connectivity index (χ3v) is 6.39. The maximum Gasteiger partial charge on any atom is 0.266 e. The fourth-order valence-electron chi connectivity index (χ4n) is 2.77. The van der Waals surface area contributed by atoms with E-state index in [1.807, 2.05) is 5.01 Å². The van der Waals surface area contributed by atoms with Crippen LogP contribution in [0.2, 0.25) is 10.0 Å². The smallest absolute Gasteiger partial charge is 0.266 e. The van der Waals surface area contributed by atoms with Gasteiger partial charge in [0.05, 0.1) is 38.1 Å². The van der Waals surface area contributed by atoms with Gasteiger partial charge >= 0.3 is 0 Å². The van der Waals surface area contributed by atoms with Gasteiger partial charge in [-0.25, -0.2) is 5.01 Å². The van der Waals surface area contributed by atoms with Crippen LogP contribution in [0.5, 0.6) is 0 Å². The van der Waals surface area contributed by atoms with Gasteiger partial charge in [0, 0.05) is 15.6 Å². The number of benzene rings is 1. The Labute approximate surface area is 177 Å². The molecule has 2 heterocycles. The molecule has 0 radical (unpaired) electrons. The zero-order valence-corrected chi connectivity index (χ0v) is 17.8. The van der Waals surface area contributed by atoms with Gasteiger partial charge in [-0.1, -0.05) is 53.2 Å². The molecule has 2 fully saturated rings. The number of halogens is 2. The molecule has 6 nitrogen and oxygen atoms in total. The van der Waals surface area contributed by atoms with Crippen molar-refractivity contribution in [2.75, 3.05) is 39.8 Å². The lowest BCUT2D eigenvalue weighted by Gasteiger charge is -2.30. The predicted molar refractivity (Wildman–Crippen MR) is 113 cm³/mol. The molecule has 0 bridgehead atoms. The van der Waals surface area contributed by atoms with E-state index in [-0.39, 0.29) is 18.4 Å². The van der Waals surface area contributed by atoms with Gasteiger partial charge in [0.15, 0.2) is 0 Å². The first kappa shape index (κ1) is 20.6. The molecule has 2 aliphatic rings. The topological polar surface area (TPSA) is 57.1 Å². The highest BCUT2D eigenvalue weighted by Gasteiger charge is 2.34. The Bertz CT molecular complexity index is 790. The Morgan fingerprint density at radius 1 is 1.33 bits per heavy atom. The van der Waals surface area contributed by atoms with Crippen molar-refractivity contribution < 1.29 is 14.5 Å². The molecule has 0 unspecified atom stereocenters.